The number of ketones is 1. The van der Waals surface area contributed by atoms with Crippen LogP contribution >= 0.6 is 47.4 Å². The van der Waals surface area contributed by atoms with Gasteiger partial charge in [0.25, 0.3) is 0 Å². The van der Waals surface area contributed by atoms with E-state index in [0.29, 0.717) is 33.3 Å². The molecule has 10 heteroatoms. The minimum Gasteiger partial charge on any atom is -0.339 e. The third-order valence-electron chi connectivity index (χ3n) is 6.15. The molecule has 5 nitrogen and oxygen atoms in total. The molecule has 0 radical (unpaired) electrons. The molecule has 0 saturated carbocycles. The fraction of sp³-hybridized carbons (Fsp3) is 0.115. The first kappa shape index (κ1) is 24.8. The number of nitrogens with one attached hydrogen (secondary N) is 1. The zero-order valence-corrected chi connectivity index (χ0v) is 21.7. The second kappa shape index (κ2) is 9.86. The van der Waals surface area contributed by atoms with E-state index >= 15 is 0 Å². The number of piperidine rings is 1. The molecule has 2 aromatic carbocycles. The van der Waals surface area contributed by atoms with E-state index in [1.54, 1.807) is 42.5 Å². The summed E-state index contributed by atoms with van der Waals surface area (Å²) in [5.74, 6) is -1.89. The molecular weight excluding hydrogens is 540 g/mol. The first-order valence-electron chi connectivity index (χ1n) is 10.8. The van der Waals surface area contributed by atoms with Gasteiger partial charge in [-0.15, -0.1) is 0 Å². The molecule has 3 heterocycles. The molecule has 1 amide bonds. The van der Waals surface area contributed by atoms with Crippen LogP contribution in [0.25, 0.3) is 0 Å². The topological polar surface area (TPSA) is 62.3 Å². The van der Waals surface area contributed by atoms with Crippen molar-refractivity contribution in [3.63, 3.8) is 0 Å². The number of hydrogen-bond acceptors (Lipinski definition) is 6. The fourth-order valence-electron chi connectivity index (χ4n) is 4.43. The number of hydrogen-bond donors (Lipinski definition) is 2. The van der Waals surface area contributed by atoms with Crippen molar-refractivity contribution in [1.82, 2.24) is 9.29 Å². The molecule has 1 fully saturated rings. The number of amides is 1. The van der Waals surface area contributed by atoms with Gasteiger partial charge in [-0.1, -0.05) is 60.3 Å². The van der Waals surface area contributed by atoms with Crippen LogP contribution in [-0.2, 0) is 15.1 Å². The van der Waals surface area contributed by atoms with Crippen LogP contribution in [0.5, 0.6) is 0 Å². The maximum Gasteiger partial charge on any atom is 0.248 e. The van der Waals surface area contributed by atoms with Crippen LogP contribution in [-0.4, -0.2) is 21.0 Å². The number of carbonyl (C=O) groups is 2. The Hall–Kier alpha value is -2.91. The molecule has 0 aliphatic carbocycles. The van der Waals surface area contributed by atoms with Crippen molar-refractivity contribution < 1.29 is 14.0 Å². The Kier molecular flexibility index (Phi) is 6.78. The summed E-state index contributed by atoms with van der Waals surface area (Å²) in [6.45, 7) is 0. The molecule has 2 atom stereocenters. The lowest BCUT2D eigenvalue weighted by atomic mass is 9.75. The zero-order valence-electron chi connectivity index (χ0n) is 18.5. The summed E-state index contributed by atoms with van der Waals surface area (Å²) in [4.78, 5) is 32.0. The largest absolute Gasteiger partial charge is 0.339 e. The Balaban J connectivity index is 1.59. The summed E-state index contributed by atoms with van der Waals surface area (Å²) in [6.07, 6.45) is -0.0530. The van der Waals surface area contributed by atoms with Crippen LogP contribution < -0.4 is 5.32 Å². The third-order valence-corrected chi connectivity index (χ3v) is 8.03. The van der Waals surface area contributed by atoms with Gasteiger partial charge in [-0.3, -0.25) is 13.9 Å². The highest BCUT2D eigenvalue weighted by Gasteiger charge is 2.53. The van der Waals surface area contributed by atoms with E-state index in [1.807, 2.05) is 16.8 Å². The Labute approximate surface area is 226 Å². The Morgan fingerprint density at radius 1 is 1.06 bits per heavy atom. The van der Waals surface area contributed by atoms with Gasteiger partial charge in [0.2, 0.25) is 5.91 Å². The second-order valence-corrected chi connectivity index (χ2v) is 10.3. The molecular formula is C26H18Cl2FN3O2S2. The molecule has 2 aromatic heterocycles. The predicted octanol–water partition coefficient (Wildman–Crippen LogP) is 7.01. The first-order chi connectivity index (χ1) is 17.3. The lowest BCUT2D eigenvalue weighted by Crippen LogP contribution is -2.54. The van der Waals surface area contributed by atoms with Gasteiger partial charge in [0.1, 0.15) is 23.1 Å². The summed E-state index contributed by atoms with van der Waals surface area (Å²) in [5.41, 5.74) is 0.815. The van der Waals surface area contributed by atoms with E-state index in [4.69, 9.17) is 28.2 Å². The number of carbonyl (C=O) groups excluding carboxylic acids is 2. The monoisotopic (exact) mass is 557 g/mol. The molecule has 0 bridgehead atoms. The number of nitrogens with zero attached hydrogens (tertiary/aromatic N) is 2. The molecule has 182 valence electrons. The molecule has 1 aliphatic heterocycles. The zero-order chi connectivity index (χ0) is 25.4. The highest BCUT2D eigenvalue weighted by molar-refractivity contribution is 7.78. The molecule has 1 aliphatic rings. The lowest BCUT2D eigenvalue weighted by molar-refractivity contribution is -0.142. The standard InChI is InChI=1S/C26H18Cl2FN3O2S2/c27-18-5-2-1-4-17(18)24-21(33)13-26(32(35)25(24)34,15-10-11-36-14-15)22-6-3-7-23(31-22)30-20-9-8-16(29)12-19(20)28/h1-12,14,24,35H,13H2,(H,30,31)/t24?,26-/m1/s1. The van der Waals surface area contributed by atoms with Gasteiger partial charge in [-0.25, -0.2) is 9.37 Å². The van der Waals surface area contributed by atoms with Gasteiger partial charge >= 0.3 is 0 Å². The third kappa shape index (κ3) is 4.28. The van der Waals surface area contributed by atoms with Crippen LogP contribution in [0.4, 0.5) is 15.9 Å². The summed E-state index contributed by atoms with van der Waals surface area (Å²) in [5, 5.41) is 7.36. The van der Waals surface area contributed by atoms with E-state index in [0.717, 1.165) is 0 Å². The van der Waals surface area contributed by atoms with E-state index in [2.05, 4.69) is 18.1 Å². The summed E-state index contributed by atoms with van der Waals surface area (Å²) < 4.78 is 14.8. The normalized spacial score (nSPS) is 20.0. The average molecular weight is 558 g/mol. The van der Waals surface area contributed by atoms with Crippen molar-refractivity contribution in [2.75, 3.05) is 5.32 Å². The van der Waals surface area contributed by atoms with Crippen LogP contribution in [0.2, 0.25) is 10.0 Å². The summed E-state index contributed by atoms with van der Waals surface area (Å²) in [7, 11) is 0. The van der Waals surface area contributed by atoms with Gasteiger partial charge in [0.15, 0.2) is 5.78 Å². The average Bonchev–Trinajstić information content (AvgIpc) is 3.40. The molecule has 0 spiro atoms. The van der Waals surface area contributed by atoms with Crippen molar-refractivity contribution in [3.05, 3.63) is 110 Å². The minimum atomic E-state index is -1.25. The highest BCUT2D eigenvalue weighted by atomic mass is 35.5. The molecule has 1 N–H and O–H groups in total. The van der Waals surface area contributed by atoms with Gasteiger partial charge in [-0.05, 0) is 64.4 Å². The number of thiophene rings is 1. The van der Waals surface area contributed by atoms with Crippen molar-refractivity contribution in [1.29, 1.82) is 0 Å². The Bertz CT molecular complexity index is 1470. The van der Waals surface area contributed by atoms with Crippen LogP contribution in [0.1, 0.15) is 29.2 Å². The number of benzene rings is 2. The predicted molar refractivity (Wildman–Crippen MR) is 144 cm³/mol. The number of anilines is 2. The van der Waals surface area contributed by atoms with Crippen LogP contribution in [0.15, 0.2) is 77.5 Å². The molecule has 4 aromatic rings. The first-order valence-corrected chi connectivity index (χ1v) is 12.9. The van der Waals surface area contributed by atoms with Crippen LogP contribution in [0.3, 0.4) is 0 Å². The number of halogens is 3. The lowest BCUT2D eigenvalue weighted by Gasteiger charge is -2.45. The van der Waals surface area contributed by atoms with Gasteiger partial charge in [-0.2, -0.15) is 11.3 Å². The van der Waals surface area contributed by atoms with Crippen molar-refractivity contribution >= 4 is 70.5 Å². The van der Waals surface area contributed by atoms with Crippen LogP contribution in [0, 0.1) is 5.82 Å². The summed E-state index contributed by atoms with van der Waals surface area (Å²) >= 11 is 18.6. The number of pyridine rings is 1. The fourth-order valence-corrected chi connectivity index (χ4v) is 6.01. The number of aromatic nitrogens is 1. The molecule has 5 rings (SSSR count). The second-order valence-electron chi connectivity index (χ2n) is 8.28. The minimum absolute atomic E-state index is 0.0530. The SMILES string of the molecule is O=C1C[C@@](c2ccsc2)(c2cccc(Nc3ccc(F)cc3Cl)n2)N(S)C(=O)C1c1ccccc1Cl. The van der Waals surface area contributed by atoms with Crippen molar-refractivity contribution in [3.8, 4) is 0 Å². The smallest absolute Gasteiger partial charge is 0.248 e. The van der Waals surface area contributed by atoms with Crippen molar-refractivity contribution in [2.24, 2.45) is 0 Å². The quantitative estimate of drug-likeness (QED) is 0.205. The van der Waals surface area contributed by atoms with Crippen molar-refractivity contribution in [2.45, 2.75) is 17.9 Å². The highest BCUT2D eigenvalue weighted by Crippen LogP contribution is 2.48. The Morgan fingerprint density at radius 2 is 1.86 bits per heavy atom. The van der Waals surface area contributed by atoms with Gasteiger partial charge in [0.05, 0.1) is 16.4 Å². The van der Waals surface area contributed by atoms with Gasteiger partial charge in [0, 0.05) is 11.4 Å². The van der Waals surface area contributed by atoms with E-state index in [-0.39, 0.29) is 17.2 Å². The van der Waals surface area contributed by atoms with Gasteiger partial charge < -0.3 is 5.32 Å². The number of thiol groups is 1. The molecule has 1 saturated heterocycles. The van der Waals surface area contributed by atoms with E-state index in [9.17, 15) is 14.0 Å². The number of Topliss-reactive ketones (excluding diaryl/α,β-unsaturated/α-hetero) is 1. The molecule has 36 heavy (non-hydrogen) atoms. The molecule has 1 unspecified atom stereocenters. The van der Waals surface area contributed by atoms with E-state index in [1.165, 1.54) is 33.8 Å². The van der Waals surface area contributed by atoms with E-state index < -0.39 is 23.2 Å². The maximum atomic E-state index is 13.7. The number of rotatable bonds is 5. The summed E-state index contributed by atoms with van der Waals surface area (Å²) in [6, 6.07) is 17.9. The maximum absolute atomic E-state index is 13.7. The Morgan fingerprint density at radius 3 is 2.58 bits per heavy atom.